The second-order valence-electron chi connectivity index (χ2n) is 7.13. The highest BCUT2D eigenvalue weighted by Gasteiger charge is 2.36. The molecule has 0 amide bonds. The van der Waals surface area contributed by atoms with Crippen LogP contribution in [0.4, 0.5) is 17.6 Å². The lowest BCUT2D eigenvalue weighted by atomic mass is 10.1. The maximum absolute atomic E-state index is 13.2. The van der Waals surface area contributed by atoms with E-state index in [1.807, 2.05) is 0 Å². The van der Waals surface area contributed by atoms with Crippen molar-refractivity contribution >= 4 is 15.8 Å². The second kappa shape index (κ2) is 9.43. The van der Waals surface area contributed by atoms with Crippen molar-refractivity contribution in [3.63, 3.8) is 0 Å². The van der Waals surface area contributed by atoms with E-state index in [2.05, 4.69) is 5.32 Å². The molecule has 0 aliphatic carbocycles. The summed E-state index contributed by atoms with van der Waals surface area (Å²) in [6.07, 6.45) is -4.65. The molecular weight excluding hydrogens is 456 g/mol. The SMILES string of the molecule is O=C(O)COc1ccc(C(F)(F)F)cc1CN1CCNCC1S(=O)(=O)c1ccc(F)cc1. The van der Waals surface area contributed by atoms with Gasteiger partial charge in [-0.25, -0.2) is 17.6 Å². The molecule has 0 spiro atoms. The first kappa shape index (κ1) is 24.0. The number of nitrogens with one attached hydrogen (secondary N) is 1. The normalized spacial score (nSPS) is 17.8. The average molecular weight is 476 g/mol. The van der Waals surface area contributed by atoms with Gasteiger partial charge in [-0.3, -0.25) is 4.90 Å². The van der Waals surface area contributed by atoms with E-state index in [0.29, 0.717) is 6.54 Å². The predicted octanol–water partition coefficient (Wildman–Crippen LogP) is 2.51. The van der Waals surface area contributed by atoms with Gasteiger partial charge in [-0.2, -0.15) is 13.2 Å². The lowest BCUT2D eigenvalue weighted by molar-refractivity contribution is -0.140. The number of hydrogen-bond acceptors (Lipinski definition) is 6. The molecule has 1 aliphatic rings. The molecule has 2 N–H and O–H groups in total. The molecule has 1 heterocycles. The number of carbonyl (C=O) groups is 1. The number of halogens is 4. The van der Waals surface area contributed by atoms with Crippen molar-refractivity contribution < 1.29 is 40.6 Å². The van der Waals surface area contributed by atoms with Crippen LogP contribution in [0, 0.1) is 5.82 Å². The van der Waals surface area contributed by atoms with Crippen molar-refractivity contribution in [1.29, 1.82) is 0 Å². The molecular formula is C20H20F4N2O5S. The van der Waals surface area contributed by atoms with Crippen LogP contribution in [-0.2, 0) is 27.4 Å². The maximum Gasteiger partial charge on any atom is 0.416 e. The van der Waals surface area contributed by atoms with E-state index in [9.17, 15) is 30.8 Å². The standard InChI is InChI=1S/C20H20F4N2O5S/c21-15-2-4-16(5-3-15)32(29,30)18-10-25-7-8-26(18)11-13-9-14(20(22,23)24)1-6-17(13)31-12-19(27)28/h1-6,9,18,25H,7-8,10-12H2,(H,27,28). The van der Waals surface area contributed by atoms with E-state index < -0.39 is 45.3 Å². The first-order valence-corrected chi connectivity index (χ1v) is 11.0. The zero-order valence-corrected chi connectivity index (χ0v) is 17.4. The van der Waals surface area contributed by atoms with Gasteiger partial charge >= 0.3 is 12.1 Å². The number of aliphatic carboxylic acids is 1. The van der Waals surface area contributed by atoms with Gasteiger partial charge < -0.3 is 15.2 Å². The Morgan fingerprint density at radius 3 is 2.50 bits per heavy atom. The zero-order valence-electron chi connectivity index (χ0n) is 16.6. The quantitative estimate of drug-likeness (QED) is 0.468. The first-order valence-electron chi connectivity index (χ1n) is 9.47. The number of carboxylic acids is 1. The number of rotatable bonds is 7. The molecule has 0 radical (unpaired) electrons. The molecule has 2 aromatic rings. The van der Waals surface area contributed by atoms with E-state index >= 15 is 0 Å². The van der Waals surface area contributed by atoms with Gasteiger partial charge in [-0.15, -0.1) is 0 Å². The minimum Gasteiger partial charge on any atom is -0.482 e. The molecule has 0 saturated carbocycles. The zero-order chi connectivity index (χ0) is 23.5. The maximum atomic E-state index is 13.2. The topological polar surface area (TPSA) is 95.9 Å². The highest BCUT2D eigenvalue weighted by molar-refractivity contribution is 7.92. The van der Waals surface area contributed by atoms with Crippen LogP contribution in [0.15, 0.2) is 47.4 Å². The van der Waals surface area contributed by atoms with Crippen LogP contribution in [0.3, 0.4) is 0 Å². The van der Waals surface area contributed by atoms with Gasteiger partial charge in [0.15, 0.2) is 16.4 Å². The third kappa shape index (κ3) is 5.56. The van der Waals surface area contributed by atoms with E-state index in [-0.39, 0.29) is 35.8 Å². The van der Waals surface area contributed by atoms with Crippen molar-refractivity contribution in [2.24, 2.45) is 0 Å². The third-order valence-electron chi connectivity index (χ3n) is 4.91. The molecule has 1 aliphatic heterocycles. The van der Waals surface area contributed by atoms with Gasteiger partial charge in [0.1, 0.15) is 16.9 Å². The molecule has 174 valence electrons. The minimum atomic E-state index is -4.65. The molecule has 2 aromatic carbocycles. The monoisotopic (exact) mass is 476 g/mol. The Balaban J connectivity index is 1.95. The number of piperazine rings is 1. The summed E-state index contributed by atoms with van der Waals surface area (Å²) in [5.41, 5.74) is -0.967. The van der Waals surface area contributed by atoms with Gasteiger partial charge in [0.2, 0.25) is 0 Å². The van der Waals surface area contributed by atoms with Crippen LogP contribution >= 0.6 is 0 Å². The Labute approximate surface area is 181 Å². The summed E-state index contributed by atoms with van der Waals surface area (Å²) < 4.78 is 84.3. The van der Waals surface area contributed by atoms with Crippen LogP contribution in [-0.4, -0.2) is 56.0 Å². The van der Waals surface area contributed by atoms with Crippen molar-refractivity contribution in [3.05, 3.63) is 59.4 Å². The summed E-state index contributed by atoms with van der Waals surface area (Å²) in [5, 5.41) is 10.6. The fourth-order valence-electron chi connectivity index (χ4n) is 3.37. The first-order chi connectivity index (χ1) is 15.0. The van der Waals surface area contributed by atoms with E-state index in [1.54, 1.807) is 0 Å². The summed E-state index contributed by atoms with van der Waals surface area (Å²) in [6.45, 7) is -0.410. The fourth-order valence-corrected chi connectivity index (χ4v) is 5.11. The number of benzene rings is 2. The summed E-state index contributed by atoms with van der Waals surface area (Å²) in [4.78, 5) is 12.2. The van der Waals surface area contributed by atoms with E-state index in [4.69, 9.17) is 9.84 Å². The minimum absolute atomic E-state index is 0.00211. The lowest BCUT2D eigenvalue weighted by Crippen LogP contribution is -2.54. The van der Waals surface area contributed by atoms with Gasteiger partial charge in [-0.1, -0.05) is 0 Å². The third-order valence-corrected chi connectivity index (χ3v) is 7.03. The fraction of sp³-hybridized carbons (Fsp3) is 0.350. The summed E-state index contributed by atoms with van der Waals surface area (Å²) in [7, 11) is -3.99. The van der Waals surface area contributed by atoms with Crippen molar-refractivity contribution in [2.75, 3.05) is 26.2 Å². The number of nitrogens with zero attached hydrogens (tertiary/aromatic N) is 1. The van der Waals surface area contributed by atoms with Gasteiger partial charge in [0.05, 0.1) is 10.5 Å². The Hall–Kier alpha value is -2.70. The van der Waals surface area contributed by atoms with Crippen LogP contribution in [0.2, 0.25) is 0 Å². The molecule has 0 aromatic heterocycles. The van der Waals surface area contributed by atoms with E-state index in [0.717, 1.165) is 42.5 Å². The van der Waals surface area contributed by atoms with Gasteiger partial charge in [0.25, 0.3) is 0 Å². The summed E-state index contributed by atoms with van der Waals surface area (Å²) >= 11 is 0. The Kier molecular flexibility index (Phi) is 7.06. The van der Waals surface area contributed by atoms with Crippen LogP contribution < -0.4 is 10.1 Å². The molecule has 3 rings (SSSR count). The van der Waals surface area contributed by atoms with Crippen LogP contribution in [0.5, 0.6) is 5.75 Å². The number of ether oxygens (including phenoxy) is 1. The number of alkyl halides is 3. The van der Waals surface area contributed by atoms with Gasteiger partial charge in [-0.05, 0) is 42.5 Å². The number of hydrogen-bond donors (Lipinski definition) is 2. The Morgan fingerprint density at radius 2 is 1.88 bits per heavy atom. The average Bonchev–Trinajstić information content (AvgIpc) is 2.72. The highest BCUT2D eigenvalue weighted by atomic mass is 32.2. The van der Waals surface area contributed by atoms with Crippen LogP contribution in [0.25, 0.3) is 0 Å². The summed E-state index contributed by atoms with van der Waals surface area (Å²) in [6, 6.07) is 6.89. The highest BCUT2D eigenvalue weighted by Crippen LogP contribution is 2.34. The molecule has 1 saturated heterocycles. The Morgan fingerprint density at radius 1 is 1.19 bits per heavy atom. The van der Waals surface area contributed by atoms with Crippen molar-refractivity contribution in [3.8, 4) is 5.75 Å². The summed E-state index contributed by atoms with van der Waals surface area (Å²) in [5.74, 6) is -2.00. The number of carboxylic acid groups (broad SMARTS) is 1. The molecule has 1 unspecified atom stereocenters. The lowest BCUT2D eigenvalue weighted by Gasteiger charge is -2.36. The largest absolute Gasteiger partial charge is 0.482 e. The molecule has 32 heavy (non-hydrogen) atoms. The smallest absolute Gasteiger partial charge is 0.416 e. The second-order valence-corrected chi connectivity index (χ2v) is 9.24. The molecule has 12 heteroatoms. The Bertz CT molecular complexity index is 1070. The predicted molar refractivity (Wildman–Crippen MR) is 105 cm³/mol. The van der Waals surface area contributed by atoms with E-state index in [1.165, 1.54) is 4.90 Å². The number of sulfone groups is 1. The van der Waals surface area contributed by atoms with Crippen LogP contribution in [0.1, 0.15) is 11.1 Å². The van der Waals surface area contributed by atoms with Gasteiger partial charge in [0, 0.05) is 31.7 Å². The molecule has 0 bridgehead atoms. The molecule has 1 fully saturated rings. The van der Waals surface area contributed by atoms with Crippen molar-refractivity contribution in [2.45, 2.75) is 23.0 Å². The van der Waals surface area contributed by atoms with Crippen molar-refractivity contribution in [1.82, 2.24) is 10.2 Å². The molecule has 1 atom stereocenters. The molecule has 7 nitrogen and oxygen atoms in total.